The number of aromatic nitrogens is 2. The molecular weight excluding hydrogens is 591 g/mol. The van der Waals surface area contributed by atoms with Gasteiger partial charge in [0.25, 0.3) is 0 Å². The Kier molecular flexibility index (Phi) is 10.1. The van der Waals surface area contributed by atoms with Gasteiger partial charge in [0.1, 0.15) is 22.6 Å². The Balaban J connectivity index is 1.55. The second-order valence-electron chi connectivity index (χ2n) is 11.1. The van der Waals surface area contributed by atoms with Crippen LogP contribution in [-0.2, 0) is 26.9 Å². The van der Waals surface area contributed by atoms with Gasteiger partial charge in [-0.25, -0.2) is 14.8 Å². The highest BCUT2D eigenvalue weighted by Gasteiger charge is 2.35. The summed E-state index contributed by atoms with van der Waals surface area (Å²) >= 11 is 0. The number of carbonyl (C=O) groups excluding carboxylic acids is 2. The van der Waals surface area contributed by atoms with Crippen molar-refractivity contribution < 1.29 is 37.0 Å². The zero-order valence-corrected chi connectivity index (χ0v) is 25.6. The molecule has 13 heteroatoms. The maximum atomic E-state index is 13.8. The van der Waals surface area contributed by atoms with Gasteiger partial charge >= 0.3 is 18.2 Å². The highest BCUT2D eigenvalue weighted by Crippen LogP contribution is 2.34. The zero-order chi connectivity index (χ0) is 32.8. The zero-order valence-electron chi connectivity index (χ0n) is 25.6. The first-order valence-electron chi connectivity index (χ1n) is 14.1. The van der Waals surface area contributed by atoms with Crippen LogP contribution in [0.5, 0.6) is 5.75 Å². The lowest BCUT2D eigenvalue weighted by atomic mass is 10.0. The van der Waals surface area contributed by atoms with Crippen molar-refractivity contribution >= 4 is 29.4 Å². The van der Waals surface area contributed by atoms with Gasteiger partial charge < -0.3 is 29.3 Å². The van der Waals surface area contributed by atoms with Gasteiger partial charge in [-0.15, -0.1) is 0 Å². The van der Waals surface area contributed by atoms with Crippen LogP contribution >= 0.6 is 0 Å². The average Bonchev–Trinajstić information content (AvgIpc) is 2.99. The van der Waals surface area contributed by atoms with Crippen LogP contribution < -0.4 is 15.0 Å². The number of alkyl halides is 3. The Morgan fingerprint density at radius 2 is 1.71 bits per heavy atom. The summed E-state index contributed by atoms with van der Waals surface area (Å²) < 4.78 is 57.2. The summed E-state index contributed by atoms with van der Waals surface area (Å²) in [5, 5.41) is 2.93. The molecule has 1 aliphatic heterocycles. The predicted octanol–water partition coefficient (Wildman–Crippen LogP) is 5.42. The fourth-order valence-electron chi connectivity index (χ4n) is 4.47. The molecule has 238 valence electrons. The fraction of sp³-hybridized carbons (Fsp3) is 0.375. The predicted molar refractivity (Wildman–Crippen MR) is 161 cm³/mol. The van der Waals surface area contributed by atoms with Gasteiger partial charge in [-0.1, -0.05) is 24.1 Å². The SMILES string of the molecule is COC(=O)Cc1ccccc1C#Cc1nc(Nc2ccc(N3CCN(C(=O)OC(C)(C)C)CC3)cc2OC)ncc1C(F)(F)F. The van der Waals surface area contributed by atoms with Gasteiger partial charge in [-0.05, 0) is 50.5 Å². The average molecular weight is 626 g/mol. The van der Waals surface area contributed by atoms with Crippen LogP contribution in [0.4, 0.5) is 35.3 Å². The third-order valence-corrected chi connectivity index (χ3v) is 6.72. The van der Waals surface area contributed by atoms with E-state index in [-0.39, 0.29) is 18.5 Å². The second-order valence-corrected chi connectivity index (χ2v) is 11.1. The number of anilines is 3. The van der Waals surface area contributed by atoms with Crippen LogP contribution in [0.15, 0.2) is 48.7 Å². The first-order chi connectivity index (χ1) is 21.3. The Hall–Kier alpha value is -4.99. The summed E-state index contributed by atoms with van der Waals surface area (Å²) in [6.45, 7) is 7.57. The summed E-state index contributed by atoms with van der Waals surface area (Å²) in [5.41, 5.74) is -0.0686. The number of hydrogen-bond donors (Lipinski definition) is 1. The summed E-state index contributed by atoms with van der Waals surface area (Å²) in [5.74, 6) is 5.01. The number of nitrogens with zero attached hydrogens (tertiary/aromatic N) is 4. The van der Waals surface area contributed by atoms with Crippen LogP contribution in [0.25, 0.3) is 0 Å². The van der Waals surface area contributed by atoms with E-state index in [2.05, 4.69) is 32.0 Å². The number of rotatable bonds is 6. The van der Waals surface area contributed by atoms with Crippen LogP contribution in [0, 0.1) is 11.8 Å². The normalized spacial score (nSPS) is 13.4. The maximum absolute atomic E-state index is 13.8. The Morgan fingerprint density at radius 1 is 1.00 bits per heavy atom. The number of hydrogen-bond acceptors (Lipinski definition) is 9. The lowest BCUT2D eigenvalue weighted by Gasteiger charge is -2.37. The van der Waals surface area contributed by atoms with E-state index < -0.39 is 29.0 Å². The van der Waals surface area contributed by atoms with E-state index in [1.807, 2.05) is 26.8 Å². The standard InChI is InChI=1S/C32H34F3N5O5/c1-31(2,3)45-30(42)40-16-14-39(15-17-40)23-11-13-26(27(19-23)43-4)38-29-36-20-24(32(33,34)35)25(37-29)12-10-21-8-6-7-9-22(21)18-28(41)44-5/h6-9,11,13,19-20H,14-18H2,1-5H3,(H,36,37,38). The van der Waals surface area contributed by atoms with Crippen LogP contribution in [0.1, 0.15) is 43.2 Å². The number of carbonyl (C=O) groups is 2. The van der Waals surface area contributed by atoms with Crippen molar-refractivity contribution in [3.8, 4) is 17.6 Å². The number of methoxy groups -OCH3 is 2. The topological polar surface area (TPSA) is 106 Å². The lowest BCUT2D eigenvalue weighted by Crippen LogP contribution is -2.50. The van der Waals surface area contributed by atoms with E-state index in [0.29, 0.717) is 54.9 Å². The Morgan fingerprint density at radius 3 is 2.36 bits per heavy atom. The smallest absolute Gasteiger partial charge is 0.420 e. The molecule has 0 aliphatic carbocycles. The largest absolute Gasteiger partial charge is 0.494 e. The molecule has 0 radical (unpaired) electrons. The molecule has 1 saturated heterocycles. The van der Waals surface area contributed by atoms with E-state index in [1.165, 1.54) is 14.2 Å². The van der Waals surface area contributed by atoms with Crippen molar-refractivity contribution in [1.29, 1.82) is 0 Å². The van der Waals surface area contributed by atoms with E-state index >= 15 is 0 Å². The number of esters is 1. The van der Waals surface area contributed by atoms with Gasteiger partial charge in [0, 0.05) is 49.7 Å². The molecular formula is C32H34F3N5O5. The van der Waals surface area contributed by atoms with Gasteiger partial charge in [0.05, 0.1) is 26.3 Å². The van der Waals surface area contributed by atoms with E-state index in [4.69, 9.17) is 14.2 Å². The molecule has 2 aromatic carbocycles. The van der Waals surface area contributed by atoms with Crippen LogP contribution in [-0.4, -0.2) is 72.9 Å². The minimum atomic E-state index is -4.75. The molecule has 0 saturated carbocycles. The quantitative estimate of drug-likeness (QED) is 0.284. The Bertz CT molecular complexity index is 1600. The highest BCUT2D eigenvalue weighted by atomic mass is 19.4. The minimum Gasteiger partial charge on any atom is -0.494 e. The van der Waals surface area contributed by atoms with E-state index in [0.717, 1.165) is 5.69 Å². The minimum absolute atomic E-state index is 0.0841. The van der Waals surface area contributed by atoms with Crippen molar-refractivity contribution in [3.63, 3.8) is 0 Å². The first-order valence-corrected chi connectivity index (χ1v) is 14.1. The highest BCUT2D eigenvalue weighted by molar-refractivity contribution is 5.74. The third kappa shape index (κ3) is 8.78. The lowest BCUT2D eigenvalue weighted by molar-refractivity contribution is -0.140. The first kappa shape index (κ1) is 32.9. The van der Waals surface area contributed by atoms with Crippen molar-refractivity contribution in [2.24, 2.45) is 0 Å². The van der Waals surface area contributed by atoms with Crippen molar-refractivity contribution in [3.05, 3.63) is 71.0 Å². The Labute approximate surface area is 259 Å². The molecule has 1 amide bonds. The monoisotopic (exact) mass is 625 g/mol. The molecule has 3 aromatic rings. The summed E-state index contributed by atoms with van der Waals surface area (Å²) in [6, 6.07) is 11.9. The number of nitrogens with one attached hydrogen (secondary N) is 1. The summed E-state index contributed by atoms with van der Waals surface area (Å²) in [4.78, 5) is 35.9. The number of piperazine rings is 1. The molecule has 0 spiro atoms. The molecule has 10 nitrogen and oxygen atoms in total. The van der Waals surface area contributed by atoms with Gasteiger partial charge in [0.2, 0.25) is 5.95 Å². The maximum Gasteiger partial charge on any atom is 0.420 e. The van der Waals surface area contributed by atoms with Crippen molar-refractivity contribution in [2.45, 2.75) is 39.0 Å². The van der Waals surface area contributed by atoms with Crippen molar-refractivity contribution in [1.82, 2.24) is 14.9 Å². The number of amides is 1. The van der Waals surface area contributed by atoms with Crippen LogP contribution in [0.2, 0.25) is 0 Å². The molecule has 0 bridgehead atoms. The number of ether oxygens (including phenoxy) is 3. The molecule has 1 fully saturated rings. The van der Waals surface area contributed by atoms with Gasteiger partial charge in [-0.2, -0.15) is 13.2 Å². The summed E-state index contributed by atoms with van der Waals surface area (Å²) in [6.07, 6.45) is -4.52. The number of benzene rings is 2. The van der Waals surface area contributed by atoms with Gasteiger partial charge in [0.15, 0.2) is 0 Å². The fourth-order valence-corrected chi connectivity index (χ4v) is 4.47. The molecule has 1 aromatic heterocycles. The number of halogens is 3. The molecule has 1 N–H and O–H groups in total. The molecule has 0 unspecified atom stereocenters. The molecule has 1 aliphatic rings. The third-order valence-electron chi connectivity index (χ3n) is 6.72. The van der Waals surface area contributed by atoms with E-state index in [9.17, 15) is 22.8 Å². The molecule has 4 rings (SSSR count). The summed E-state index contributed by atoms with van der Waals surface area (Å²) in [7, 11) is 2.72. The van der Waals surface area contributed by atoms with Crippen molar-refractivity contribution in [2.75, 3.05) is 50.6 Å². The molecule has 0 atom stereocenters. The molecule has 2 heterocycles. The van der Waals surface area contributed by atoms with Gasteiger partial charge in [-0.3, -0.25) is 4.79 Å². The molecule has 45 heavy (non-hydrogen) atoms. The van der Waals surface area contributed by atoms with E-state index in [1.54, 1.807) is 41.3 Å². The van der Waals surface area contributed by atoms with Crippen LogP contribution in [0.3, 0.4) is 0 Å². The second kappa shape index (κ2) is 13.8.